The minimum Gasteiger partial charge on any atom is -0.391 e. The van der Waals surface area contributed by atoms with Gasteiger partial charge in [-0.3, -0.25) is 14.9 Å². The van der Waals surface area contributed by atoms with E-state index < -0.39 is 11.0 Å². The lowest BCUT2D eigenvalue weighted by Gasteiger charge is -2.29. The SMILES string of the molecule is O=C1CCc2cc([N+](=O)[O-])c(N[C@H]3CCCC[C@@H]3O)cc2N1. The minimum atomic E-state index is -0.501. The summed E-state index contributed by atoms with van der Waals surface area (Å²) in [6.45, 7) is 0. The van der Waals surface area contributed by atoms with Gasteiger partial charge in [0.1, 0.15) is 5.69 Å². The molecule has 0 spiro atoms. The maximum Gasteiger partial charge on any atom is 0.292 e. The van der Waals surface area contributed by atoms with Crippen LogP contribution in [-0.2, 0) is 11.2 Å². The molecule has 0 aromatic heterocycles. The summed E-state index contributed by atoms with van der Waals surface area (Å²) in [4.78, 5) is 22.4. The second-order valence-electron chi connectivity index (χ2n) is 5.93. The first-order valence-electron chi connectivity index (χ1n) is 7.60. The first kappa shape index (κ1) is 14.8. The second-order valence-corrected chi connectivity index (χ2v) is 5.93. The van der Waals surface area contributed by atoms with Gasteiger partial charge in [0.2, 0.25) is 5.91 Å². The fourth-order valence-electron chi connectivity index (χ4n) is 3.16. The molecule has 1 heterocycles. The van der Waals surface area contributed by atoms with Gasteiger partial charge in [-0.25, -0.2) is 0 Å². The minimum absolute atomic E-state index is 0.00678. The largest absolute Gasteiger partial charge is 0.391 e. The molecule has 1 aliphatic heterocycles. The van der Waals surface area contributed by atoms with Crippen LogP contribution in [0, 0.1) is 10.1 Å². The van der Waals surface area contributed by atoms with Gasteiger partial charge in [-0.05, 0) is 30.9 Å². The fraction of sp³-hybridized carbons (Fsp3) is 0.533. The average molecular weight is 305 g/mol. The number of carbonyl (C=O) groups is 1. The van der Waals surface area contributed by atoms with Gasteiger partial charge in [0.05, 0.1) is 17.1 Å². The maximum atomic E-state index is 11.5. The molecule has 118 valence electrons. The number of hydrogen-bond acceptors (Lipinski definition) is 5. The van der Waals surface area contributed by atoms with Gasteiger partial charge >= 0.3 is 0 Å². The van der Waals surface area contributed by atoms with Crippen LogP contribution in [0.25, 0.3) is 0 Å². The monoisotopic (exact) mass is 305 g/mol. The number of anilines is 2. The highest BCUT2D eigenvalue weighted by Crippen LogP contribution is 2.35. The summed E-state index contributed by atoms with van der Waals surface area (Å²) < 4.78 is 0. The summed E-state index contributed by atoms with van der Waals surface area (Å²) >= 11 is 0. The van der Waals surface area contributed by atoms with Crippen LogP contribution in [0.4, 0.5) is 17.1 Å². The fourth-order valence-corrected chi connectivity index (χ4v) is 3.16. The van der Waals surface area contributed by atoms with E-state index in [2.05, 4.69) is 10.6 Å². The molecule has 1 saturated carbocycles. The Kier molecular flexibility index (Phi) is 3.98. The van der Waals surface area contributed by atoms with Crippen LogP contribution < -0.4 is 10.6 Å². The van der Waals surface area contributed by atoms with Crippen molar-refractivity contribution in [1.29, 1.82) is 0 Å². The summed E-state index contributed by atoms with van der Waals surface area (Å²) in [7, 11) is 0. The molecule has 1 aromatic carbocycles. The highest BCUT2D eigenvalue weighted by atomic mass is 16.6. The summed E-state index contributed by atoms with van der Waals surface area (Å²) in [5, 5.41) is 27.2. The van der Waals surface area contributed by atoms with E-state index in [4.69, 9.17) is 0 Å². The van der Waals surface area contributed by atoms with Gasteiger partial charge < -0.3 is 15.7 Å². The van der Waals surface area contributed by atoms with Crippen molar-refractivity contribution in [2.45, 2.75) is 50.7 Å². The number of hydrogen-bond donors (Lipinski definition) is 3. The van der Waals surface area contributed by atoms with Crippen molar-refractivity contribution < 1.29 is 14.8 Å². The van der Waals surface area contributed by atoms with Crippen LogP contribution in [0.3, 0.4) is 0 Å². The molecule has 2 atom stereocenters. The van der Waals surface area contributed by atoms with E-state index in [9.17, 15) is 20.0 Å². The van der Waals surface area contributed by atoms with Gasteiger partial charge in [-0.15, -0.1) is 0 Å². The van der Waals surface area contributed by atoms with E-state index >= 15 is 0 Å². The number of aliphatic hydroxyl groups excluding tert-OH is 1. The van der Waals surface area contributed by atoms with E-state index in [0.717, 1.165) is 24.8 Å². The van der Waals surface area contributed by atoms with Crippen LogP contribution in [0.1, 0.15) is 37.7 Å². The van der Waals surface area contributed by atoms with E-state index in [1.165, 1.54) is 6.07 Å². The Balaban J connectivity index is 1.92. The molecule has 3 N–H and O–H groups in total. The lowest BCUT2D eigenvalue weighted by molar-refractivity contribution is -0.384. The second kappa shape index (κ2) is 5.92. The first-order chi connectivity index (χ1) is 10.5. The molecule has 0 radical (unpaired) electrons. The van der Waals surface area contributed by atoms with E-state index in [1.807, 2.05) is 0 Å². The van der Waals surface area contributed by atoms with Gasteiger partial charge in [0.25, 0.3) is 5.69 Å². The maximum absolute atomic E-state index is 11.5. The summed E-state index contributed by atoms with van der Waals surface area (Å²) in [6.07, 6.45) is 3.80. The van der Waals surface area contributed by atoms with Gasteiger partial charge in [0.15, 0.2) is 0 Å². The van der Waals surface area contributed by atoms with Gasteiger partial charge in [-0.2, -0.15) is 0 Å². The normalized spacial score (nSPS) is 24.3. The summed E-state index contributed by atoms with van der Waals surface area (Å²) in [5.74, 6) is -0.0787. The van der Waals surface area contributed by atoms with Crippen LogP contribution in [-0.4, -0.2) is 28.1 Å². The number of rotatable bonds is 3. The smallest absolute Gasteiger partial charge is 0.292 e. The number of fused-ring (bicyclic) bond motifs is 1. The number of aryl methyl sites for hydroxylation is 1. The number of nitrogens with zero attached hydrogens (tertiary/aromatic N) is 1. The van der Waals surface area contributed by atoms with Crippen LogP contribution >= 0.6 is 0 Å². The molecule has 7 heteroatoms. The predicted octanol–water partition coefficient (Wildman–Crippen LogP) is 2.19. The third-order valence-corrected chi connectivity index (χ3v) is 4.38. The van der Waals surface area contributed by atoms with E-state index in [-0.39, 0.29) is 17.6 Å². The molecule has 2 aliphatic rings. The predicted molar refractivity (Wildman–Crippen MR) is 81.9 cm³/mol. The van der Waals surface area contributed by atoms with E-state index in [1.54, 1.807) is 6.07 Å². The molecule has 7 nitrogen and oxygen atoms in total. The lowest BCUT2D eigenvalue weighted by atomic mass is 9.92. The van der Waals surface area contributed by atoms with Crippen LogP contribution in [0.15, 0.2) is 12.1 Å². The van der Waals surface area contributed by atoms with Crippen LogP contribution in [0.5, 0.6) is 0 Å². The van der Waals surface area contributed by atoms with Crippen molar-refractivity contribution in [2.75, 3.05) is 10.6 Å². The van der Waals surface area contributed by atoms with Crippen molar-refractivity contribution in [3.63, 3.8) is 0 Å². The van der Waals surface area contributed by atoms with Crippen molar-refractivity contribution in [1.82, 2.24) is 0 Å². The molecule has 0 saturated heterocycles. The Morgan fingerprint density at radius 2 is 2.05 bits per heavy atom. The molecule has 3 rings (SSSR count). The van der Waals surface area contributed by atoms with Crippen molar-refractivity contribution in [2.24, 2.45) is 0 Å². The zero-order valence-electron chi connectivity index (χ0n) is 12.2. The van der Waals surface area contributed by atoms with Crippen molar-refractivity contribution in [3.05, 3.63) is 27.8 Å². The summed E-state index contributed by atoms with van der Waals surface area (Å²) in [6, 6.07) is 2.95. The van der Waals surface area contributed by atoms with E-state index in [0.29, 0.717) is 30.6 Å². The number of aliphatic hydroxyl groups is 1. The number of amides is 1. The third-order valence-electron chi connectivity index (χ3n) is 4.38. The Labute approximate surface area is 127 Å². The Hall–Kier alpha value is -2.15. The molecular formula is C15H19N3O4. The quantitative estimate of drug-likeness (QED) is 0.586. The summed E-state index contributed by atoms with van der Waals surface area (Å²) in [5.41, 5.74) is 1.75. The molecule has 0 bridgehead atoms. The topological polar surface area (TPSA) is 104 Å². The molecule has 1 aliphatic carbocycles. The number of benzene rings is 1. The molecular weight excluding hydrogens is 286 g/mol. The number of nitro benzene ring substituents is 1. The Bertz CT molecular complexity index is 617. The van der Waals surface area contributed by atoms with Crippen molar-refractivity contribution >= 4 is 23.0 Å². The van der Waals surface area contributed by atoms with Gasteiger partial charge in [0, 0.05) is 18.2 Å². The van der Waals surface area contributed by atoms with Crippen molar-refractivity contribution in [3.8, 4) is 0 Å². The number of nitro groups is 1. The zero-order valence-corrected chi connectivity index (χ0v) is 12.2. The number of carbonyl (C=O) groups excluding carboxylic acids is 1. The molecule has 0 unspecified atom stereocenters. The molecule has 1 amide bonds. The molecule has 1 aromatic rings. The number of nitrogens with one attached hydrogen (secondary N) is 2. The highest BCUT2D eigenvalue weighted by molar-refractivity contribution is 5.95. The first-order valence-corrected chi connectivity index (χ1v) is 7.60. The third kappa shape index (κ3) is 2.89. The molecule has 22 heavy (non-hydrogen) atoms. The Morgan fingerprint density at radius 3 is 2.77 bits per heavy atom. The lowest BCUT2D eigenvalue weighted by Crippen LogP contribution is -2.36. The Morgan fingerprint density at radius 1 is 1.27 bits per heavy atom. The van der Waals surface area contributed by atoms with Gasteiger partial charge in [-0.1, -0.05) is 12.8 Å². The standard InChI is InChI=1S/C15H19N3O4/c19-14-4-2-1-3-10(14)16-12-8-11-9(5-6-15(20)17-11)7-13(12)18(21)22/h7-8,10,14,16,19H,1-6H2,(H,17,20)/t10-,14-/m0/s1. The van der Waals surface area contributed by atoms with Crippen LogP contribution in [0.2, 0.25) is 0 Å². The highest BCUT2D eigenvalue weighted by Gasteiger charge is 2.27. The average Bonchev–Trinajstić information content (AvgIpc) is 2.48. The molecule has 1 fully saturated rings. The zero-order chi connectivity index (χ0) is 15.7.